The summed E-state index contributed by atoms with van der Waals surface area (Å²) in [6.45, 7) is 0.161. The first-order chi connectivity index (χ1) is 14.1. The fraction of sp³-hybridized carbons (Fsp3) is 0.158. The van der Waals surface area contributed by atoms with Crippen molar-refractivity contribution in [2.45, 2.75) is 11.8 Å². The number of nitrogen functional groups attached to an aromatic ring is 1. The second kappa shape index (κ2) is 7.92. The number of fused-ring (bicyclic) bond motifs is 1. The molecule has 0 fully saturated rings. The number of ether oxygens (including phenoxy) is 1. The van der Waals surface area contributed by atoms with Crippen molar-refractivity contribution >= 4 is 23.6 Å². The van der Waals surface area contributed by atoms with Crippen LogP contribution in [0.3, 0.4) is 0 Å². The minimum absolute atomic E-state index is 0.0522. The van der Waals surface area contributed by atoms with Crippen LogP contribution in [-0.4, -0.2) is 43.9 Å². The number of carbonyl (C=O) groups is 2. The third-order valence-electron chi connectivity index (χ3n) is 4.35. The van der Waals surface area contributed by atoms with Crippen molar-refractivity contribution in [3.8, 4) is 5.75 Å². The first-order valence-electron chi connectivity index (χ1n) is 8.71. The number of hydrogen-bond acceptors (Lipinski definition) is 7. The fourth-order valence-corrected chi connectivity index (χ4v) is 3.68. The van der Waals surface area contributed by atoms with Crippen molar-refractivity contribution in [2.24, 2.45) is 0 Å². The number of amides is 2. The minimum Gasteiger partial charge on any atom is -0.482 e. The van der Waals surface area contributed by atoms with Crippen LogP contribution < -0.4 is 10.6 Å². The lowest BCUT2D eigenvalue weighted by Gasteiger charge is -2.13. The van der Waals surface area contributed by atoms with Gasteiger partial charge in [-0.25, -0.2) is 9.07 Å². The zero-order valence-corrected chi connectivity index (χ0v) is 15.9. The van der Waals surface area contributed by atoms with Crippen molar-refractivity contribution < 1.29 is 18.7 Å². The second-order valence-corrected chi connectivity index (χ2v) is 7.21. The number of aromatic nitrogens is 3. The maximum absolute atomic E-state index is 13.6. The lowest BCUT2D eigenvalue weighted by Crippen LogP contribution is -2.32. The van der Waals surface area contributed by atoms with Gasteiger partial charge in [-0.1, -0.05) is 36.0 Å². The van der Waals surface area contributed by atoms with E-state index in [2.05, 4.69) is 10.2 Å². The quantitative estimate of drug-likeness (QED) is 0.359. The number of rotatable bonds is 7. The number of thioether (sulfide) groups is 1. The van der Waals surface area contributed by atoms with E-state index in [1.54, 1.807) is 36.4 Å². The molecular weight excluding hydrogens is 397 g/mol. The molecule has 4 rings (SSSR count). The van der Waals surface area contributed by atoms with Gasteiger partial charge in [0.1, 0.15) is 6.61 Å². The maximum Gasteiger partial charge on any atom is 0.261 e. The number of imide groups is 1. The van der Waals surface area contributed by atoms with Crippen molar-refractivity contribution in [1.82, 2.24) is 19.8 Å². The van der Waals surface area contributed by atoms with E-state index in [4.69, 9.17) is 10.6 Å². The summed E-state index contributed by atoms with van der Waals surface area (Å²) in [5, 5.41) is 8.32. The molecule has 1 aromatic heterocycles. The predicted molar refractivity (Wildman–Crippen MR) is 103 cm³/mol. The van der Waals surface area contributed by atoms with Gasteiger partial charge >= 0.3 is 0 Å². The van der Waals surface area contributed by atoms with Crippen molar-refractivity contribution in [2.75, 3.05) is 18.1 Å². The molecule has 2 amide bonds. The SMILES string of the molecule is Nn1c(COc2ccccc2F)nnc1SCCN1C(=O)c2ccccc2C1=O. The molecule has 2 N–H and O–H groups in total. The summed E-state index contributed by atoms with van der Waals surface area (Å²) in [6, 6.07) is 12.8. The molecule has 148 valence electrons. The van der Waals surface area contributed by atoms with Crippen LogP contribution >= 0.6 is 11.8 Å². The molecule has 0 aliphatic carbocycles. The monoisotopic (exact) mass is 413 g/mol. The molecule has 0 spiro atoms. The number of hydrogen-bond donors (Lipinski definition) is 1. The highest BCUT2D eigenvalue weighted by atomic mass is 32.2. The zero-order valence-electron chi connectivity index (χ0n) is 15.1. The number of nitrogens with two attached hydrogens (primary N) is 1. The lowest BCUT2D eigenvalue weighted by molar-refractivity contribution is 0.0664. The molecule has 0 saturated heterocycles. The van der Waals surface area contributed by atoms with Gasteiger partial charge in [0, 0.05) is 12.3 Å². The summed E-state index contributed by atoms with van der Waals surface area (Å²) in [7, 11) is 0. The first-order valence-corrected chi connectivity index (χ1v) is 9.69. The Balaban J connectivity index is 1.34. The Morgan fingerprint density at radius 1 is 1.00 bits per heavy atom. The van der Waals surface area contributed by atoms with E-state index in [0.29, 0.717) is 27.9 Å². The van der Waals surface area contributed by atoms with Crippen LogP contribution in [0, 0.1) is 5.82 Å². The Kier molecular flexibility index (Phi) is 5.17. The van der Waals surface area contributed by atoms with Gasteiger partial charge in [0.05, 0.1) is 11.1 Å². The van der Waals surface area contributed by atoms with Crippen LogP contribution in [-0.2, 0) is 6.61 Å². The summed E-state index contributed by atoms with van der Waals surface area (Å²) >= 11 is 1.25. The van der Waals surface area contributed by atoms with Gasteiger partial charge in [-0.3, -0.25) is 14.5 Å². The van der Waals surface area contributed by atoms with Gasteiger partial charge < -0.3 is 10.6 Å². The average Bonchev–Trinajstić information content (AvgIpc) is 3.20. The second-order valence-electron chi connectivity index (χ2n) is 6.14. The normalized spacial score (nSPS) is 13.1. The Labute approximate surface area is 169 Å². The molecule has 0 atom stereocenters. The number of para-hydroxylation sites is 1. The van der Waals surface area contributed by atoms with Crippen molar-refractivity contribution in [1.29, 1.82) is 0 Å². The molecule has 0 unspecified atom stereocenters. The molecule has 2 aromatic carbocycles. The maximum atomic E-state index is 13.6. The topological polar surface area (TPSA) is 103 Å². The van der Waals surface area contributed by atoms with Gasteiger partial charge in [0.2, 0.25) is 5.16 Å². The highest BCUT2D eigenvalue weighted by Crippen LogP contribution is 2.24. The number of carbonyl (C=O) groups excluding carboxylic acids is 2. The lowest BCUT2D eigenvalue weighted by atomic mass is 10.1. The predicted octanol–water partition coefficient (Wildman–Crippen LogP) is 2.10. The summed E-state index contributed by atoms with van der Waals surface area (Å²) in [5.74, 6) is 5.69. The van der Waals surface area contributed by atoms with Crippen LogP contribution in [0.1, 0.15) is 26.5 Å². The molecule has 29 heavy (non-hydrogen) atoms. The van der Waals surface area contributed by atoms with E-state index >= 15 is 0 Å². The van der Waals surface area contributed by atoms with Crippen LogP contribution in [0.2, 0.25) is 0 Å². The number of benzene rings is 2. The Hall–Kier alpha value is -3.40. The van der Waals surface area contributed by atoms with E-state index in [-0.39, 0.29) is 30.7 Å². The fourth-order valence-electron chi connectivity index (χ4n) is 2.88. The molecule has 0 saturated carbocycles. The molecule has 8 nitrogen and oxygen atoms in total. The highest BCUT2D eigenvalue weighted by molar-refractivity contribution is 7.99. The molecule has 1 aliphatic heterocycles. The van der Waals surface area contributed by atoms with Crippen LogP contribution in [0.5, 0.6) is 5.75 Å². The van der Waals surface area contributed by atoms with E-state index < -0.39 is 5.82 Å². The molecule has 3 aromatic rings. The molecule has 0 bridgehead atoms. The van der Waals surface area contributed by atoms with Gasteiger partial charge in [0.25, 0.3) is 11.8 Å². The highest BCUT2D eigenvalue weighted by Gasteiger charge is 2.34. The summed E-state index contributed by atoms with van der Waals surface area (Å²) < 4.78 is 20.2. The van der Waals surface area contributed by atoms with Gasteiger partial charge in [0.15, 0.2) is 17.4 Å². The molecule has 2 heterocycles. The molecule has 0 radical (unpaired) electrons. The van der Waals surface area contributed by atoms with Crippen LogP contribution in [0.15, 0.2) is 53.7 Å². The number of halogens is 1. The summed E-state index contributed by atoms with van der Waals surface area (Å²) in [5.41, 5.74) is 0.828. The number of nitrogens with zero attached hydrogens (tertiary/aromatic N) is 4. The van der Waals surface area contributed by atoms with Gasteiger partial charge in [-0.2, -0.15) is 0 Å². The first kappa shape index (κ1) is 18.9. The van der Waals surface area contributed by atoms with Crippen LogP contribution in [0.25, 0.3) is 0 Å². The third-order valence-corrected chi connectivity index (χ3v) is 5.28. The zero-order chi connectivity index (χ0) is 20.4. The Bertz CT molecular complexity index is 1050. The molecular formula is C19H16FN5O3S. The minimum atomic E-state index is -0.480. The Morgan fingerprint density at radius 2 is 1.66 bits per heavy atom. The third kappa shape index (κ3) is 3.66. The summed E-state index contributed by atoms with van der Waals surface area (Å²) in [4.78, 5) is 25.9. The smallest absolute Gasteiger partial charge is 0.261 e. The van der Waals surface area contributed by atoms with Crippen molar-refractivity contribution in [3.63, 3.8) is 0 Å². The standard InChI is InChI=1S/C19H16FN5O3S/c20-14-7-3-4-8-15(14)28-11-16-22-23-19(25(16)21)29-10-9-24-17(26)12-5-1-2-6-13(12)18(24)27/h1-8H,9-11,21H2. The largest absolute Gasteiger partial charge is 0.482 e. The summed E-state index contributed by atoms with van der Waals surface area (Å²) in [6.07, 6.45) is 0. The molecule has 10 heteroatoms. The van der Waals surface area contributed by atoms with Crippen molar-refractivity contribution in [3.05, 3.63) is 71.3 Å². The van der Waals surface area contributed by atoms with Crippen LogP contribution in [0.4, 0.5) is 4.39 Å². The average molecular weight is 413 g/mol. The molecule has 1 aliphatic rings. The van der Waals surface area contributed by atoms with Gasteiger partial charge in [-0.15, -0.1) is 10.2 Å². The van der Waals surface area contributed by atoms with E-state index in [9.17, 15) is 14.0 Å². The van der Waals surface area contributed by atoms with Gasteiger partial charge in [-0.05, 0) is 24.3 Å². The van der Waals surface area contributed by atoms with E-state index in [1.807, 2.05) is 0 Å². The van der Waals surface area contributed by atoms with E-state index in [1.165, 1.54) is 33.5 Å². The Morgan fingerprint density at radius 3 is 2.34 bits per heavy atom. The van der Waals surface area contributed by atoms with E-state index in [0.717, 1.165) is 0 Å².